The molecular formula is C6H14FN. The molecule has 0 heterocycles. The Morgan fingerprint density at radius 3 is 2.25 bits per heavy atom. The van der Waals surface area contributed by atoms with Crippen LogP contribution in [0.1, 0.15) is 20.3 Å². The van der Waals surface area contributed by atoms with E-state index in [0.717, 1.165) is 0 Å². The number of alkyl halides is 1. The fraction of sp³-hybridized carbons (Fsp3) is 1.00. The van der Waals surface area contributed by atoms with Crippen LogP contribution in [-0.2, 0) is 0 Å². The van der Waals surface area contributed by atoms with Crippen molar-refractivity contribution in [2.75, 3.05) is 13.6 Å². The van der Waals surface area contributed by atoms with Crippen molar-refractivity contribution in [1.82, 2.24) is 5.32 Å². The maximum absolute atomic E-state index is 12.8. The summed E-state index contributed by atoms with van der Waals surface area (Å²) in [5, 5.41) is 2.78. The van der Waals surface area contributed by atoms with Crippen LogP contribution in [0.25, 0.3) is 0 Å². The van der Waals surface area contributed by atoms with Crippen molar-refractivity contribution in [3.8, 4) is 0 Å². The lowest BCUT2D eigenvalue weighted by molar-refractivity contribution is 0.182. The van der Waals surface area contributed by atoms with E-state index in [4.69, 9.17) is 0 Å². The molecule has 0 rings (SSSR count). The van der Waals surface area contributed by atoms with E-state index in [-0.39, 0.29) is 0 Å². The zero-order valence-corrected chi connectivity index (χ0v) is 5.79. The van der Waals surface area contributed by atoms with Crippen molar-refractivity contribution in [1.29, 1.82) is 0 Å². The third-order valence-corrected chi connectivity index (χ3v) is 1.28. The van der Waals surface area contributed by atoms with E-state index in [2.05, 4.69) is 5.32 Å². The summed E-state index contributed by atoms with van der Waals surface area (Å²) in [5.41, 5.74) is -1.02. The molecule has 1 N–H and O–H groups in total. The Morgan fingerprint density at radius 1 is 1.62 bits per heavy atom. The minimum atomic E-state index is -1.02. The topological polar surface area (TPSA) is 12.0 Å². The van der Waals surface area contributed by atoms with Gasteiger partial charge in [0.2, 0.25) is 0 Å². The van der Waals surface area contributed by atoms with E-state index < -0.39 is 5.67 Å². The first-order valence-electron chi connectivity index (χ1n) is 2.96. The molecule has 1 unspecified atom stereocenters. The Morgan fingerprint density at radius 2 is 2.12 bits per heavy atom. The first kappa shape index (κ1) is 7.89. The monoisotopic (exact) mass is 119 g/mol. The molecule has 0 aliphatic rings. The molecule has 0 saturated carbocycles. The number of hydrogen-bond acceptors (Lipinski definition) is 1. The van der Waals surface area contributed by atoms with Crippen molar-refractivity contribution in [2.24, 2.45) is 0 Å². The number of rotatable bonds is 3. The maximum Gasteiger partial charge on any atom is 0.120 e. The standard InChI is InChI=1S/C6H14FN/c1-4-6(2,7)5-8-3/h8H,4-5H2,1-3H3. The molecule has 1 atom stereocenters. The van der Waals surface area contributed by atoms with Gasteiger partial charge in [0.05, 0.1) is 0 Å². The highest BCUT2D eigenvalue weighted by Crippen LogP contribution is 2.11. The fourth-order valence-corrected chi connectivity index (χ4v) is 0.494. The van der Waals surface area contributed by atoms with Gasteiger partial charge >= 0.3 is 0 Å². The van der Waals surface area contributed by atoms with Crippen LogP contribution in [0.4, 0.5) is 4.39 Å². The van der Waals surface area contributed by atoms with Gasteiger partial charge in [-0.15, -0.1) is 0 Å². The number of hydrogen-bond donors (Lipinski definition) is 1. The van der Waals surface area contributed by atoms with Gasteiger partial charge in [-0.1, -0.05) is 6.92 Å². The van der Waals surface area contributed by atoms with Gasteiger partial charge in [-0.25, -0.2) is 4.39 Å². The van der Waals surface area contributed by atoms with Crippen molar-refractivity contribution >= 4 is 0 Å². The van der Waals surface area contributed by atoms with Crippen LogP contribution >= 0.6 is 0 Å². The molecule has 0 saturated heterocycles. The van der Waals surface area contributed by atoms with Gasteiger partial charge in [0, 0.05) is 6.54 Å². The van der Waals surface area contributed by atoms with Crippen LogP contribution in [0.5, 0.6) is 0 Å². The molecule has 8 heavy (non-hydrogen) atoms. The van der Waals surface area contributed by atoms with E-state index in [9.17, 15) is 4.39 Å². The smallest absolute Gasteiger partial charge is 0.120 e. The summed E-state index contributed by atoms with van der Waals surface area (Å²) >= 11 is 0. The molecule has 0 aliphatic heterocycles. The van der Waals surface area contributed by atoms with Crippen molar-refractivity contribution < 1.29 is 4.39 Å². The Balaban J connectivity index is 3.37. The third-order valence-electron chi connectivity index (χ3n) is 1.28. The van der Waals surface area contributed by atoms with E-state index in [1.165, 1.54) is 0 Å². The summed E-state index contributed by atoms with van der Waals surface area (Å²) < 4.78 is 12.8. The van der Waals surface area contributed by atoms with Gasteiger partial charge in [-0.05, 0) is 20.4 Å². The Labute approximate surface area is 50.3 Å². The zero-order valence-electron chi connectivity index (χ0n) is 5.79. The molecule has 1 nitrogen and oxygen atoms in total. The highest BCUT2D eigenvalue weighted by Gasteiger charge is 2.17. The summed E-state index contributed by atoms with van der Waals surface area (Å²) in [6, 6.07) is 0. The van der Waals surface area contributed by atoms with Gasteiger partial charge in [0.1, 0.15) is 5.67 Å². The number of nitrogens with one attached hydrogen (secondary N) is 1. The average molecular weight is 119 g/mol. The second-order valence-electron chi connectivity index (χ2n) is 2.30. The molecule has 0 aromatic carbocycles. The predicted molar refractivity (Wildman–Crippen MR) is 33.7 cm³/mol. The second kappa shape index (κ2) is 3.02. The zero-order chi connectivity index (χ0) is 6.62. The summed E-state index contributed by atoms with van der Waals surface area (Å²) in [4.78, 5) is 0. The van der Waals surface area contributed by atoms with Crippen LogP contribution in [0.2, 0.25) is 0 Å². The van der Waals surface area contributed by atoms with Gasteiger partial charge in [-0.2, -0.15) is 0 Å². The van der Waals surface area contributed by atoms with Gasteiger partial charge in [-0.3, -0.25) is 0 Å². The van der Waals surface area contributed by atoms with Crippen LogP contribution in [0, 0.1) is 0 Å². The van der Waals surface area contributed by atoms with Crippen molar-refractivity contribution in [3.05, 3.63) is 0 Å². The Bertz CT molecular complexity index is 61.5. The molecular weight excluding hydrogens is 105 g/mol. The third kappa shape index (κ3) is 2.97. The lowest BCUT2D eigenvalue weighted by atomic mass is 10.1. The predicted octanol–water partition coefficient (Wildman–Crippen LogP) is 1.34. The second-order valence-corrected chi connectivity index (χ2v) is 2.30. The Hall–Kier alpha value is -0.110. The van der Waals surface area contributed by atoms with Crippen LogP contribution in [-0.4, -0.2) is 19.3 Å². The highest BCUT2D eigenvalue weighted by atomic mass is 19.1. The van der Waals surface area contributed by atoms with Gasteiger partial charge in [0.15, 0.2) is 0 Å². The summed E-state index contributed by atoms with van der Waals surface area (Å²) in [6.07, 6.45) is 0.577. The van der Waals surface area contributed by atoms with Crippen molar-refractivity contribution in [2.45, 2.75) is 25.9 Å². The molecule has 50 valence electrons. The molecule has 0 bridgehead atoms. The van der Waals surface area contributed by atoms with Gasteiger partial charge < -0.3 is 5.32 Å². The van der Waals surface area contributed by atoms with Crippen molar-refractivity contribution in [3.63, 3.8) is 0 Å². The lowest BCUT2D eigenvalue weighted by Gasteiger charge is -2.16. The van der Waals surface area contributed by atoms with E-state index in [1.807, 2.05) is 6.92 Å². The SMILES string of the molecule is CCC(C)(F)CNC. The van der Waals surface area contributed by atoms with Gasteiger partial charge in [0.25, 0.3) is 0 Å². The molecule has 0 spiro atoms. The molecule has 0 amide bonds. The van der Waals surface area contributed by atoms with Crippen LogP contribution in [0.15, 0.2) is 0 Å². The Kier molecular flexibility index (Phi) is 2.98. The first-order chi connectivity index (χ1) is 3.62. The van der Waals surface area contributed by atoms with E-state index in [0.29, 0.717) is 13.0 Å². The minimum Gasteiger partial charge on any atom is -0.317 e. The summed E-state index contributed by atoms with van der Waals surface area (Å²) in [6.45, 7) is 3.89. The summed E-state index contributed by atoms with van der Waals surface area (Å²) in [7, 11) is 1.76. The normalized spacial score (nSPS) is 18.0. The molecule has 0 aromatic heterocycles. The quantitative estimate of drug-likeness (QED) is 0.591. The average Bonchev–Trinajstić information content (AvgIpc) is 1.67. The molecule has 0 aromatic rings. The minimum absolute atomic E-state index is 0.448. The fourth-order valence-electron chi connectivity index (χ4n) is 0.494. The lowest BCUT2D eigenvalue weighted by Crippen LogP contribution is -2.30. The van der Waals surface area contributed by atoms with Crippen LogP contribution in [0.3, 0.4) is 0 Å². The van der Waals surface area contributed by atoms with E-state index >= 15 is 0 Å². The molecule has 0 fully saturated rings. The summed E-state index contributed by atoms with van der Waals surface area (Å²) in [5.74, 6) is 0. The largest absolute Gasteiger partial charge is 0.317 e. The molecule has 0 aliphatic carbocycles. The first-order valence-corrected chi connectivity index (χ1v) is 2.96. The highest BCUT2D eigenvalue weighted by molar-refractivity contribution is 4.72. The van der Waals surface area contributed by atoms with E-state index in [1.54, 1.807) is 14.0 Å². The molecule has 2 heteroatoms. The van der Waals surface area contributed by atoms with Crippen LogP contribution < -0.4 is 5.32 Å². The number of halogens is 1. The maximum atomic E-state index is 12.8. The molecule has 0 radical (unpaired) electrons.